The number of ether oxygens (including phenoxy) is 2. The van der Waals surface area contributed by atoms with Gasteiger partial charge in [0.2, 0.25) is 0 Å². The van der Waals surface area contributed by atoms with Crippen molar-refractivity contribution in [3.8, 4) is 0 Å². The summed E-state index contributed by atoms with van der Waals surface area (Å²) in [5, 5.41) is 9.17. The summed E-state index contributed by atoms with van der Waals surface area (Å²) in [7, 11) is 0. The molecule has 0 aliphatic carbocycles. The minimum absolute atomic E-state index is 0.117. The van der Waals surface area contributed by atoms with E-state index >= 15 is 0 Å². The molecule has 0 bridgehead atoms. The topological polar surface area (TPSA) is 38.7 Å². The minimum atomic E-state index is -0.320. The average Bonchev–Trinajstić information content (AvgIpc) is 2.73. The van der Waals surface area contributed by atoms with Crippen LogP contribution in [0.2, 0.25) is 0 Å². The fraction of sp³-hybridized carbons (Fsp3) is 1.00. The van der Waals surface area contributed by atoms with Gasteiger partial charge < -0.3 is 14.6 Å². The summed E-state index contributed by atoms with van der Waals surface area (Å²) in [6.07, 6.45) is 5.06. The normalized spacial score (nSPS) is 48.6. The van der Waals surface area contributed by atoms with Crippen LogP contribution in [-0.4, -0.2) is 35.6 Å². The third-order valence-corrected chi connectivity index (χ3v) is 3.41. The molecule has 0 aromatic carbocycles. The monoisotopic (exact) mass is 200 g/mol. The first-order valence-electron chi connectivity index (χ1n) is 5.57. The lowest BCUT2D eigenvalue weighted by molar-refractivity contribution is -0.110. The Morgan fingerprint density at radius 1 is 1.29 bits per heavy atom. The van der Waals surface area contributed by atoms with Gasteiger partial charge in [-0.2, -0.15) is 0 Å². The Labute approximate surface area is 85.4 Å². The highest BCUT2D eigenvalue weighted by Crippen LogP contribution is 2.35. The second kappa shape index (κ2) is 3.80. The maximum atomic E-state index is 9.17. The van der Waals surface area contributed by atoms with Gasteiger partial charge in [-0.25, -0.2) is 0 Å². The van der Waals surface area contributed by atoms with Crippen LogP contribution in [0.1, 0.15) is 39.5 Å². The zero-order valence-electron chi connectivity index (χ0n) is 9.03. The number of rotatable bonds is 2. The van der Waals surface area contributed by atoms with Gasteiger partial charge in [-0.1, -0.05) is 0 Å². The first-order valence-corrected chi connectivity index (χ1v) is 5.57. The van der Waals surface area contributed by atoms with E-state index in [1.165, 1.54) is 0 Å². The van der Waals surface area contributed by atoms with E-state index in [4.69, 9.17) is 9.47 Å². The number of hydrogen-bond donors (Lipinski definition) is 1. The summed E-state index contributed by atoms with van der Waals surface area (Å²) in [6.45, 7) is 4.21. The van der Waals surface area contributed by atoms with Crippen LogP contribution in [-0.2, 0) is 9.47 Å². The van der Waals surface area contributed by atoms with Crippen molar-refractivity contribution in [2.75, 3.05) is 6.61 Å². The molecule has 2 aliphatic rings. The number of aliphatic hydroxyl groups is 1. The Morgan fingerprint density at radius 2 is 2.07 bits per heavy atom. The van der Waals surface area contributed by atoms with Crippen molar-refractivity contribution in [1.82, 2.24) is 0 Å². The molecule has 0 radical (unpaired) electrons. The van der Waals surface area contributed by atoms with Crippen LogP contribution < -0.4 is 0 Å². The largest absolute Gasteiger partial charge is 0.393 e. The molecule has 0 saturated carbocycles. The second-order valence-corrected chi connectivity index (χ2v) is 4.87. The van der Waals surface area contributed by atoms with Crippen LogP contribution >= 0.6 is 0 Å². The summed E-state index contributed by atoms with van der Waals surface area (Å²) in [6, 6.07) is 0. The van der Waals surface area contributed by atoms with E-state index in [0.29, 0.717) is 6.10 Å². The van der Waals surface area contributed by atoms with E-state index in [9.17, 15) is 5.11 Å². The van der Waals surface area contributed by atoms with E-state index in [2.05, 4.69) is 6.92 Å². The molecule has 0 aromatic rings. The predicted molar refractivity (Wildman–Crippen MR) is 53.2 cm³/mol. The molecule has 3 nitrogen and oxygen atoms in total. The highest BCUT2D eigenvalue weighted by molar-refractivity contribution is 4.90. The highest BCUT2D eigenvalue weighted by Gasteiger charge is 2.41. The van der Waals surface area contributed by atoms with Crippen LogP contribution in [0.25, 0.3) is 0 Å². The third-order valence-electron chi connectivity index (χ3n) is 3.41. The van der Waals surface area contributed by atoms with E-state index < -0.39 is 0 Å². The quantitative estimate of drug-likeness (QED) is 0.734. The van der Waals surface area contributed by atoms with E-state index in [-0.39, 0.29) is 24.4 Å². The molecule has 2 fully saturated rings. The molecule has 2 saturated heterocycles. The van der Waals surface area contributed by atoms with Gasteiger partial charge in [-0.3, -0.25) is 0 Å². The smallest absolute Gasteiger partial charge is 0.0890 e. The molecule has 0 spiro atoms. The lowest BCUT2D eigenvalue weighted by Gasteiger charge is -2.24. The Morgan fingerprint density at radius 3 is 2.57 bits per heavy atom. The predicted octanol–water partition coefficient (Wildman–Crippen LogP) is 1.48. The second-order valence-electron chi connectivity index (χ2n) is 4.87. The molecule has 4 atom stereocenters. The summed E-state index contributed by atoms with van der Waals surface area (Å²) >= 11 is 0. The van der Waals surface area contributed by atoms with Crippen molar-refractivity contribution in [3.63, 3.8) is 0 Å². The van der Waals surface area contributed by atoms with E-state index in [0.717, 1.165) is 25.7 Å². The zero-order chi connectivity index (χ0) is 10.2. The first-order chi connectivity index (χ1) is 6.63. The standard InChI is InChI=1S/C11H20O3/c1-8-3-4-9(13-8)10-5-6-11(2,7-12)14-10/h8-10,12H,3-7H2,1-2H3. The van der Waals surface area contributed by atoms with Gasteiger partial charge in [0.05, 0.1) is 30.5 Å². The van der Waals surface area contributed by atoms with Crippen LogP contribution in [0.4, 0.5) is 0 Å². The van der Waals surface area contributed by atoms with Gasteiger partial charge >= 0.3 is 0 Å². The van der Waals surface area contributed by atoms with Crippen molar-refractivity contribution >= 4 is 0 Å². The maximum absolute atomic E-state index is 9.17. The Kier molecular flexibility index (Phi) is 2.82. The van der Waals surface area contributed by atoms with E-state index in [1.807, 2.05) is 6.92 Å². The van der Waals surface area contributed by atoms with Crippen molar-refractivity contribution in [2.45, 2.75) is 63.4 Å². The van der Waals surface area contributed by atoms with Crippen LogP contribution in [0, 0.1) is 0 Å². The van der Waals surface area contributed by atoms with Crippen molar-refractivity contribution in [1.29, 1.82) is 0 Å². The number of aliphatic hydroxyl groups excluding tert-OH is 1. The maximum Gasteiger partial charge on any atom is 0.0890 e. The SMILES string of the molecule is CC1CCC(C2CCC(C)(CO)O2)O1. The molecule has 14 heavy (non-hydrogen) atoms. The first kappa shape index (κ1) is 10.4. The summed E-state index contributed by atoms with van der Waals surface area (Å²) in [4.78, 5) is 0. The molecule has 3 heteroatoms. The van der Waals surface area contributed by atoms with Gasteiger partial charge in [0.15, 0.2) is 0 Å². The van der Waals surface area contributed by atoms with Crippen molar-refractivity contribution in [3.05, 3.63) is 0 Å². The minimum Gasteiger partial charge on any atom is -0.393 e. The molecule has 4 unspecified atom stereocenters. The molecule has 82 valence electrons. The summed E-state index contributed by atoms with van der Waals surface area (Å²) in [5.41, 5.74) is -0.320. The van der Waals surface area contributed by atoms with Crippen molar-refractivity contribution < 1.29 is 14.6 Å². The lowest BCUT2D eigenvalue weighted by Crippen LogP contribution is -2.33. The van der Waals surface area contributed by atoms with Gasteiger partial charge in [0, 0.05) is 0 Å². The zero-order valence-corrected chi connectivity index (χ0v) is 9.03. The molecule has 2 heterocycles. The molecule has 2 aliphatic heterocycles. The highest BCUT2D eigenvalue weighted by atomic mass is 16.6. The van der Waals surface area contributed by atoms with Crippen molar-refractivity contribution in [2.24, 2.45) is 0 Å². The summed E-state index contributed by atoms with van der Waals surface area (Å²) in [5.74, 6) is 0. The molecule has 0 aromatic heterocycles. The van der Waals surface area contributed by atoms with Gasteiger partial charge in [-0.15, -0.1) is 0 Å². The lowest BCUT2D eigenvalue weighted by atomic mass is 10.0. The van der Waals surface area contributed by atoms with Gasteiger partial charge in [0.1, 0.15) is 0 Å². The molecular formula is C11H20O3. The third kappa shape index (κ3) is 1.95. The van der Waals surface area contributed by atoms with Crippen LogP contribution in [0.5, 0.6) is 0 Å². The van der Waals surface area contributed by atoms with Crippen LogP contribution in [0.3, 0.4) is 0 Å². The van der Waals surface area contributed by atoms with Crippen LogP contribution in [0.15, 0.2) is 0 Å². The number of hydrogen-bond acceptors (Lipinski definition) is 3. The Bertz CT molecular complexity index is 207. The Balaban J connectivity index is 1.89. The van der Waals surface area contributed by atoms with Gasteiger partial charge in [-0.05, 0) is 39.5 Å². The van der Waals surface area contributed by atoms with Gasteiger partial charge in [0.25, 0.3) is 0 Å². The molecule has 1 N–H and O–H groups in total. The fourth-order valence-corrected chi connectivity index (χ4v) is 2.42. The summed E-state index contributed by atoms with van der Waals surface area (Å²) < 4.78 is 11.6. The molecule has 2 rings (SSSR count). The fourth-order valence-electron chi connectivity index (χ4n) is 2.42. The molecular weight excluding hydrogens is 180 g/mol. The van der Waals surface area contributed by atoms with E-state index in [1.54, 1.807) is 0 Å². The Hall–Kier alpha value is -0.120. The molecule has 0 amide bonds. The average molecular weight is 200 g/mol.